The van der Waals surface area contributed by atoms with Crippen LogP contribution >= 0.6 is 0 Å². The number of nitrogens with zero attached hydrogens (tertiary/aromatic N) is 3. The summed E-state index contributed by atoms with van der Waals surface area (Å²) in [4.78, 5) is 26.1. The first-order valence-corrected chi connectivity index (χ1v) is 9.16. The lowest BCUT2D eigenvalue weighted by Crippen LogP contribution is -2.43. The molecule has 10 nitrogen and oxygen atoms in total. The number of ether oxygens (including phenoxy) is 4. The predicted molar refractivity (Wildman–Crippen MR) is 106 cm³/mol. The van der Waals surface area contributed by atoms with Gasteiger partial charge < -0.3 is 34.1 Å². The molecule has 1 saturated heterocycles. The van der Waals surface area contributed by atoms with Gasteiger partial charge in [0.15, 0.2) is 23.8 Å². The highest BCUT2D eigenvalue weighted by atomic mass is 16.5. The summed E-state index contributed by atoms with van der Waals surface area (Å²) in [6, 6.07) is 6.83. The highest BCUT2D eigenvalue weighted by Gasteiger charge is 2.23. The Kier molecular flexibility index (Phi) is 6.44. The molecular weight excluding hydrogens is 392 g/mol. The Balaban J connectivity index is 1.85. The molecule has 1 amide bonds. The summed E-state index contributed by atoms with van der Waals surface area (Å²) in [5.74, 6) is -0.106. The minimum Gasteiger partial charge on any atom is -0.493 e. The number of carbonyl (C=O) groups excluding carboxylic acids is 2. The van der Waals surface area contributed by atoms with Crippen LogP contribution in [0.15, 0.2) is 24.4 Å². The molecule has 10 heteroatoms. The third-order valence-corrected chi connectivity index (χ3v) is 4.68. The Morgan fingerprint density at radius 3 is 2.60 bits per heavy atom. The fraction of sp³-hybridized carbons (Fsp3) is 0.350. The van der Waals surface area contributed by atoms with Crippen molar-refractivity contribution in [2.45, 2.75) is 0 Å². The van der Waals surface area contributed by atoms with E-state index >= 15 is 0 Å². The largest absolute Gasteiger partial charge is 0.493 e. The number of methoxy groups -OCH3 is 2. The molecule has 0 bridgehead atoms. The summed E-state index contributed by atoms with van der Waals surface area (Å²) in [5, 5.41) is 9.25. The van der Waals surface area contributed by atoms with E-state index in [4.69, 9.17) is 24.7 Å². The lowest BCUT2D eigenvalue weighted by atomic mass is 10.2. The van der Waals surface area contributed by atoms with Crippen LogP contribution in [0.2, 0.25) is 0 Å². The molecule has 0 aliphatic carbocycles. The lowest BCUT2D eigenvalue weighted by Gasteiger charge is -2.26. The van der Waals surface area contributed by atoms with Crippen LogP contribution in [0.3, 0.4) is 0 Å². The monoisotopic (exact) mass is 414 g/mol. The number of rotatable bonds is 6. The first kappa shape index (κ1) is 21.0. The summed E-state index contributed by atoms with van der Waals surface area (Å²) in [5.41, 5.74) is 6.64. The number of hydrogen-bond acceptors (Lipinski definition) is 8. The minimum absolute atomic E-state index is 0.0275. The molecule has 3 rings (SSSR count). The van der Waals surface area contributed by atoms with Crippen LogP contribution in [0.25, 0.3) is 5.69 Å². The molecule has 0 atom stereocenters. The number of benzene rings is 1. The third kappa shape index (κ3) is 4.16. The molecule has 158 valence electrons. The molecule has 0 spiro atoms. The molecule has 0 saturated carbocycles. The van der Waals surface area contributed by atoms with Gasteiger partial charge in [0, 0.05) is 31.0 Å². The Labute approximate surface area is 173 Å². The van der Waals surface area contributed by atoms with Gasteiger partial charge in [-0.15, -0.1) is 0 Å². The molecule has 2 N–H and O–H groups in total. The summed E-state index contributed by atoms with van der Waals surface area (Å²) < 4.78 is 22.5. The first-order valence-electron chi connectivity index (χ1n) is 9.16. The summed E-state index contributed by atoms with van der Waals surface area (Å²) in [6.45, 7) is 1.95. The van der Waals surface area contributed by atoms with E-state index < -0.39 is 5.97 Å². The SMILES string of the molecule is COC(=O)c1c(N)c(C#N)cn1-c1ccc(OCC(=O)N2CCOCC2)c(OC)c1. The Hall–Kier alpha value is -3.71. The van der Waals surface area contributed by atoms with E-state index in [1.165, 1.54) is 25.0 Å². The average Bonchev–Trinajstić information content (AvgIpc) is 3.13. The van der Waals surface area contributed by atoms with Crippen molar-refractivity contribution < 1.29 is 28.5 Å². The van der Waals surface area contributed by atoms with Gasteiger partial charge in [-0.3, -0.25) is 4.79 Å². The topological polar surface area (TPSA) is 129 Å². The number of nitriles is 1. The number of anilines is 1. The highest BCUT2D eigenvalue weighted by molar-refractivity contribution is 5.96. The first-order chi connectivity index (χ1) is 14.5. The molecule has 0 radical (unpaired) electrons. The second kappa shape index (κ2) is 9.19. The van der Waals surface area contributed by atoms with Crippen LogP contribution in [-0.2, 0) is 14.3 Å². The number of aromatic nitrogens is 1. The molecule has 2 aromatic rings. The Bertz CT molecular complexity index is 988. The summed E-state index contributed by atoms with van der Waals surface area (Å²) in [7, 11) is 2.69. The number of hydrogen-bond donors (Lipinski definition) is 1. The maximum atomic E-state index is 12.3. The molecule has 2 heterocycles. The van der Waals surface area contributed by atoms with Gasteiger partial charge >= 0.3 is 5.97 Å². The maximum absolute atomic E-state index is 12.3. The smallest absolute Gasteiger partial charge is 0.357 e. The zero-order valence-corrected chi connectivity index (χ0v) is 16.7. The number of esters is 1. The van der Waals surface area contributed by atoms with E-state index in [1.807, 2.05) is 6.07 Å². The van der Waals surface area contributed by atoms with E-state index in [1.54, 1.807) is 23.1 Å². The molecule has 1 fully saturated rings. The van der Waals surface area contributed by atoms with Gasteiger partial charge in [0.1, 0.15) is 6.07 Å². The Morgan fingerprint density at radius 1 is 1.23 bits per heavy atom. The zero-order valence-electron chi connectivity index (χ0n) is 16.7. The van der Waals surface area contributed by atoms with Crippen molar-refractivity contribution in [1.29, 1.82) is 5.26 Å². The zero-order chi connectivity index (χ0) is 21.7. The van der Waals surface area contributed by atoms with Gasteiger partial charge in [0.25, 0.3) is 5.91 Å². The molecular formula is C20H22N4O6. The van der Waals surface area contributed by atoms with Crippen LogP contribution in [-0.4, -0.2) is 68.5 Å². The van der Waals surface area contributed by atoms with E-state index in [2.05, 4.69) is 0 Å². The van der Waals surface area contributed by atoms with Gasteiger partial charge in [-0.2, -0.15) is 5.26 Å². The normalized spacial score (nSPS) is 13.4. The van der Waals surface area contributed by atoms with Crippen molar-refractivity contribution in [3.8, 4) is 23.3 Å². The fourth-order valence-electron chi connectivity index (χ4n) is 3.09. The van der Waals surface area contributed by atoms with Gasteiger partial charge in [-0.1, -0.05) is 0 Å². The number of amides is 1. The van der Waals surface area contributed by atoms with Crippen LogP contribution in [0.4, 0.5) is 5.69 Å². The number of nitrogens with two attached hydrogens (primary N) is 1. The fourth-order valence-corrected chi connectivity index (χ4v) is 3.09. The van der Waals surface area contributed by atoms with Crippen LogP contribution in [0.5, 0.6) is 11.5 Å². The second-order valence-electron chi connectivity index (χ2n) is 6.40. The van der Waals surface area contributed by atoms with Gasteiger partial charge in [0.2, 0.25) is 0 Å². The maximum Gasteiger partial charge on any atom is 0.357 e. The van der Waals surface area contributed by atoms with Crippen molar-refractivity contribution >= 4 is 17.6 Å². The van der Waals surface area contributed by atoms with E-state index in [0.717, 1.165) is 0 Å². The third-order valence-electron chi connectivity index (χ3n) is 4.68. The van der Waals surface area contributed by atoms with Gasteiger partial charge in [0.05, 0.1) is 38.7 Å². The van der Waals surface area contributed by atoms with E-state index in [0.29, 0.717) is 43.5 Å². The molecule has 0 unspecified atom stereocenters. The van der Waals surface area contributed by atoms with Crippen molar-refractivity contribution in [3.63, 3.8) is 0 Å². The van der Waals surface area contributed by atoms with Crippen molar-refractivity contribution in [3.05, 3.63) is 35.7 Å². The van der Waals surface area contributed by atoms with E-state index in [-0.39, 0.29) is 29.5 Å². The Morgan fingerprint density at radius 2 is 1.97 bits per heavy atom. The minimum atomic E-state index is -0.676. The molecule has 1 aromatic heterocycles. The van der Waals surface area contributed by atoms with Gasteiger partial charge in [-0.25, -0.2) is 4.79 Å². The number of nitrogen functional groups attached to an aromatic ring is 1. The van der Waals surface area contributed by atoms with Crippen LogP contribution in [0, 0.1) is 11.3 Å². The number of morpholine rings is 1. The average molecular weight is 414 g/mol. The predicted octanol–water partition coefficient (Wildman–Crippen LogP) is 0.964. The standard InChI is InChI=1S/C20H22N4O6/c1-27-16-9-14(24-11-13(10-21)18(22)19(24)20(26)28-2)3-4-15(16)30-12-17(25)23-5-7-29-8-6-23/h3-4,9,11H,5-8,12,22H2,1-2H3. The second-order valence-corrected chi connectivity index (χ2v) is 6.40. The number of carbonyl (C=O) groups is 2. The summed E-state index contributed by atoms with van der Waals surface area (Å²) >= 11 is 0. The van der Waals surface area contributed by atoms with Crippen molar-refractivity contribution in [2.75, 3.05) is 52.9 Å². The van der Waals surface area contributed by atoms with Gasteiger partial charge in [-0.05, 0) is 12.1 Å². The van der Waals surface area contributed by atoms with E-state index in [9.17, 15) is 14.9 Å². The highest BCUT2D eigenvalue weighted by Crippen LogP contribution is 2.32. The molecule has 1 aliphatic rings. The van der Waals surface area contributed by atoms with Crippen molar-refractivity contribution in [1.82, 2.24) is 9.47 Å². The lowest BCUT2D eigenvalue weighted by molar-refractivity contribution is -0.137. The molecule has 1 aromatic carbocycles. The molecule has 1 aliphatic heterocycles. The van der Waals surface area contributed by atoms with Crippen LogP contribution < -0.4 is 15.2 Å². The summed E-state index contributed by atoms with van der Waals surface area (Å²) in [6.07, 6.45) is 1.44. The van der Waals surface area contributed by atoms with Crippen LogP contribution in [0.1, 0.15) is 16.1 Å². The van der Waals surface area contributed by atoms with Crippen molar-refractivity contribution in [2.24, 2.45) is 0 Å². The quantitative estimate of drug-likeness (QED) is 0.692. The molecule has 30 heavy (non-hydrogen) atoms.